The molecule has 0 aromatic rings. The molecule has 0 bridgehead atoms. The Hall–Kier alpha value is -0.610. The minimum absolute atomic E-state index is 0.179. The lowest BCUT2D eigenvalue weighted by Gasteiger charge is -2.22. The molecule has 2 aliphatic heterocycles. The molecule has 0 saturated carbocycles. The van der Waals surface area contributed by atoms with E-state index in [1.165, 1.54) is 12.8 Å². The van der Waals surface area contributed by atoms with E-state index in [0.717, 1.165) is 38.5 Å². The minimum Gasteiger partial charge on any atom is -0.376 e. The monoisotopic (exact) mass is 240 g/mol. The van der Waals surface area contributed by atoms with Crippen LogP contribution in [0.3, 0.4) is 0 Å². The van der Waals surface area contributed by atoms with Crippen LogP contribution < -0.4 is 10.6 Å². The summed E-state index contributed by atoms with van der Waals surface area (Å²) in [6.45, 7) is 5.03. The highest BCUT2D eigenvalue weighted by molar-refractivity contribution is 5.76. The summed E-state index contributed by atoms with van der Waals surface area (Å²) in [6, 6.07) is 0.232. The van der Waals surface area contributed by atoms with Gasteiger partial charge >= 0.3 is 0 Å². The van der Waals surface area contributed by atoms with E-state index in [2.05, 4.69) is 10.6 Å². The van der Waals surface area contributed by atoms with Gasteiger partial charge in [0.05, 0.1) is 12.1 Å². The van der Waals surface area contributed by atoms with Crippen molar-refractivity contribution in [2.75, 3.05) is 19.7 Å². The fourth-order valence-electron chi connectivity index (χ4n) is 2.71. The number of hydrogen-bond acceptors (Lipinski definition) is 3. The first-order chi connectivity index (χ1) is 8.25. The highest BCUT2D eigenvalue weighted by Crippen LogP contribution is 2.18. The van der Waals surface area contributed by atoms with Gasteiger partial charge in [-0.2, -0.15) is 0 Å². The fraction of sp³-hybridized carbons (Fsp3) is 0.923. The van der Waals surface area contributed by atoms with E-state index >= 15 is 0 Å². The van der Waals surface area contributed by atoms with E-state index in [1.54, 1.807) is 0 Å². The average Bonchev–Trinajstić information content (AvgIpc) is 2.74. The molecule has 4 nitrogen and oxygen atoms in total. The van der Waals surface area contributed by atoms with Crippen molar-refractivity contribution in [2.24, 2.45) is 5.92 Å². The minimum atomic E-state index is 0.179. The molecule has 2 aliphatic rings. The van der Waals surface area contributed by atoms with E-state index in [9.17, 15) is 4.79 Å². The Labute approximate surface area is 103 Å². The van der Waals surface area contributed by atoms with E-state index < -0.39 is 0 Å². The Balaban J connectivity index is 1.63. The van der Waals surface area contributed by atoms with Crippen LogP contribution >= 0.6 is 0 Å². The van der Waals surface area contributed by atoms with Crippen molar-refractivity contribution in [1.82, 2.24) is 10.6 Å². The third-order valence-electron chi connectivity index (χ3n) is 3.96. The zero-order valence-electron chi connectivity index (χ0n) is 10.7. The standard InChI is InChI=1S/C13H24N2O2/c1-10-12(6-9-17-10)15-13(16)3-2-11-4-7-14-8-5-11/h10-12,14H,2-9H2,1H3,(H,15,16). The van der Waals surface area contributed by atoms with E-state index in [0.29, 0.717) is 6.42 Å². The molecule has 1 amide bonds. The fourth-order valence-corrected chi connectivity index (χ4v) is 2.71. The van der Waals surface area contributed by atoms with Gasteiger partial charge in [-0.05, 0) is 51.6 Å². The molecule has 2 N–H and O–H groups in total. The topological polar surface area (TPSA) is 50.4 Å². The first-order valence-corrected chi connectivity index (χ1v) is 6.87. The molecule has 0 aromatic heterocycles. The summed E-state index contributed by atoms with van der Waals surface area (Å²) in [4.78, 5) is 11.8. The third-order valence-corrected chi connectivity index (χ3v) is 3.96. The van der Waals surface area contributed by atoms with Gasteiger partial charge in [-0.25, -0.2) is 0 Å². The summed E-state index contributed by atoms with van der Waals surface area (Å²) in [6.07, 6.45) is 5.29. The molecule has 2 heterocycles. The summed E-state index contributed by atoms with van der Waals surface area (Å²) in [7, 11) is 0. The van der Waals surface area contributed by atoms with Gasteiger partial charge in [-0.3, -0.25) is 4.79 Å². The molecule has 0 radical (unpaired) electrons. The van der Waals surface area contributed by atoms with Crippen LogP contribution in [0.25, 0.3) is 0 Å². The molecule has 2 fully saturated rings. The predicted molar refractivity (Wildman–Crippen MR) is 66.8 cm³/mol. The van der Waals surface area contributed by atoms with Gasteiger partial charge in [-0.15, -0.1) is 0 Å². The second kappa shape index (κ2) is 6.36. The smallest absolute Gasteiger partial charge is 0.220 e. The second-order valence-corrected chi connectivity index (χ2v) is 5.27. The summed E-state index contributed by atoms with van der Waals surface area (Å²) >= 11 is 0. The lowest BCUT2D eigenvalue weighted by Crippen LogP contribution is -2.39. The normalized spacial score (nSPS) is 30.4. The Bertz CT molecular complexity index is 252. The van der Waals surface area contributed by atoms with Crippen molar-refractivity contribution in [3.8, 4) is 0 Å². The highest BCUT2D eigenvalue weighted by atomic mass is 16.5. The van der Waals surface area contributed by atoms with Gasteiger partial charge in [0.2, 0.25) is 5.91 Å². The largest absolute Gasteiger partial charge is 0.376 e. The average molecular weight is 240 g/mol. The molecule has 17 heavy (non-hydrogen) atoms. The Kier molecular flexibility index (Phi) is 4.80. The molecule has 2 atom stereocenters. The van der Waals surface area contributed by atoms with Crippen molar-refractivity contribution in [2.45, 2.75) is 51.2 Å². The van der Waals surface area contributed by atoms with Gasteiger partial charge in [0.1, 0.15) is 0 Å². The molecular formula is C13H24N2O2. The third kappa shape index (κ3) is 3.96. The zero-order chi connectivity index (χ0) is 12.1. The van der Waals surface area contributed by atoms with Crippen molar-refractivity contribution in [3.63, 3.8) is 0 Å². The second-order valence-electron chi connectivity index (χ2n) is 5.27. The van der Waals surface area contributed by atoms with Gasteiger partial charge in [0.15, 0.2) is 0 Å². The highest BCUT2D eigenvalue weighted by Gasteiger charge is 2.25. The quantitative estimate of drug-likeness (QED) is 0.772. The number of carbonyl (C=O) groups is 1. The molecule has 2 unspecified atom stereocenters. The van der Waals surface area contributed by atoms with Crippen LogP contribution in [-0.4, -0.2) is 37.7 Å². The van der Waals surface area contributed by atoms with Crippen molar-refractivity contribution < 1.29 is 9.53 Å². The van der Waals surface area contributed by atoms with Crippen molar-refractivity contribution >= 4 is 5.91 Å². The van der Waals surface area contributed by atoms with Crippen LogP contribution in [0, 0.1) is 5.92 Å². The summed E-state index contributed by atoms with van der Waals surface area (Å²) in [5, 5.41) is 6.44. The van der Waals surface area contributed by atoms with Gasteiger partial charge in [0, 0.05) is 13.0 Å². The van der Waals surface area contributed by atoms with Crippen LogP contribution in [0.1, 0.15) is 39.0 Å². The summed E-state index contributed by atoms with van der Waals surface area (Å²) < 4.78 is 5.44. The lowest BCUT2D eigenvalue weighted by atomic mass is 9.93. The number of carbonyl (C=O) groups excluding carboxylic acids is 1. The number of nitrogens with one attached hydrogen (secondary N) is 2. The molecular weight excluding hydrogens is 216 g/mol. The van der Waals surface area contributed by atoms with Crippen LogP contribution in [0.2, 0.25) is 0 Å². The van der Waals surface area contributed by atoms with Gasteiger partial charge < -0.3 is 15.4 Å². The lowest BCUT2D eigenvalue weighted by molar-refractivity contribution is -0.122. The van der Waals surface area contributed by atoms with E-state index in [4.69, 9.17) is 4.74 Å². The van der Waals surface area contributed by atoms with Gasteiger partial charge in [0.25, 0.3) is 0 Å². The van der Waals surface area contributed by atoms with Crippen molar-refractivity contribution in [3.05, 3.63) is 0 Å². The molecule has 0 aliphatic carbocycles. The van der Waals surface area contributed by atoms with Crippen molar-refractivity contribution in [1.29, 1.82) is 0 Å². The Morgan fingerprint density at radius 2 is 2.12 bits per heavy atom. The van der Waals surface area contributed by atoms with Crippen LogP contribution in [0.4, 0.5) is 0 Å². The number of rotatable bonds is 4. The predicted octanol–water partition coefficient (Wildman–Crippen LogP) is 1.06. The molecule has 2 rings (SSSR count). The maximum atomic E-state index is 11.8. The van der Waals surface area contributed by atoms with Crippen LogP contribution in [-0.2, 0) is 9.53 Å². The molecule has 0 spiro atoms. The molecule has 0 aromatic carbocycles. The molecule has 98 valence electrons. The first-order valence-electron chi connectivity index (χ1n) is 6.87. The van der Waals surface area contributed by atoms with Crippen LogP contribution in [0.15, 0.2) is 0 Å². The molecule has 2 saturated heterocycles. The summed E-state index contributed by atoms with van der Waals surface area (Å²) in [5.74, 6) is 0.935. The van der Waals surface area contributed by atoms with E-state index in [-0.39, 0.29) is 18.1 Å². The van der Waals surface area contributed by atoms with Gasteiger partial charge in [-0.1, -0.05) is 0 Å². The molecule has 4 heteroatoms. The SMILES string of the molecule is CC1OCCC1NC(=O)CCC1CCNCC1. The number of amides is 1. The maximum Gasteiger partial charge on any atom is 0.220 e. The van der Waals surface area contributed by atoms with E-state index in [1.807, 2.05) is 6.92 Å². The number of piperidine rings is 1. The number of hydrogen-bond donors (Lipinski definition) is 2. The number of ether oxygens (including phenoxy) is 1. The Morgan fingerprint density at radius 3 is 2.76 bits per heavy atom. The first kappa shape index (κ1) is 12.8. The van der Waals surface area contributed by atoms with Crippen LogP contribution in [0.5, 0.6) is 0 Å². The summed E-state index contributed by atoms with van der Waals surface area (Å²) in [5.41, 5.74) is 0. The zero-order valence-corrected chi connectivity index (χ0v) is 10.7. The Morgan fingerprint density at radius 1 is 1.35 bits per heavy atom. The maximum absolute atomic E-state index is 11.8.